The molecule has 2 amide bonds. The quantitative estimate of drug-likeness (QED) is 0.850. The SMILES string of the molecule is CC(C)(CNC(=O)Nc1cccc(F)c1)c1ccc(Cl)cc1. The van der Waals surface area contributed by atoms with Gasteiger partial charge in [0.1, 0.15) is 5.82 Å². The summed E-state index contributed by atoms with van der Waals surface area (Å²) in [5, 5.41) is 6.08. The van der Waals surface area contributed by atoms with Gasteiger partial charge in [0.15, 0.2) is 0 Å². The lowest BCUT2D eigenvalue weighted by molar-refractivity contribution is 0.249. The van der Waals surface area contributed by atoms with Crippen LogP contribution in [0.5, 0.6) is 0 Å². The van der Waals surface area contributed by atoms with Crippen molar-refractivity contribution in [3.05, 3.63) is 64.9 Å². The van der Waals surface area contributed by atoms with Gasteiger partial charge in [-0.15, -0.1) is 0 Å². The lowest BCUT2D eigenvalue weighted by atomic mass is 9.85. The molecule has 2 aromatic carbocycles. The van der Waals surface area contributed by atoms with E-state index in [-0.39, 0.29) is 17.3 Å². The molecule has 0 aliphatic carbocycles. The Bertz CT molecular complexity index is 656. The average Bonchev–Trinajstić information content (AvgIpc) is 2.46. The first kappa shape index (κ1) is 16.3. The summed E-state index contributed by atoms with van der Waals surface area (Å²) in [7, 11) is 0. The van der Waals surface area contributed by atoms with Crippen LogP contribution in [0.1, 0.15) is 19.4 Å². The average molecular weight is 321 g/mol. The lowest BCUT2D eigenvalue weighted by Crippen LogP contribution is -2.38. The minimum Gasteiger partial charge on any atom is -0.337 e. The Labute approximate surface area is 134 Å². The molecule has 0 saturated carbocycles. The van der Waals surface area contributed by atoms with E-state index in [0.29, 0.717) is 17.3 Å². The standard InChI is InChI=1S/C17H18ClFN2O/c1-17(2,12-6-8-13(18)9-7-12)11-20-16(22)21-15-5-3-4-14(19)10-15/h3-10H,11H2,1-2H3,(H2,20,21,22). The molecule has 22 heavy (non-hydrogen) atoms. The molecule has 0 bridgehead atoms. The number of hydrogen-bond acceptors (Lipinski definition) is 1. The minimum atomic E-state index is -0.390. The highest BCUT2D eigenvalue weighted by atomic mass is 35.5. The molecule has 0 saturated heterocycles. The first-order chi connectivity index (χ1) is 10.4. The molecule has 0 aromatic heterocycles. The fourth-order valence-electron chi connectivity index (χ4n) is 2.05. The van der Waals surface area contributed by atoms with Crippen molar-refractivity contribution in [3.63, 3.8) is 0 Å². The summed E-state index contributed by atoms with van der Waals surface area (Å²) in [6.07, 6.45) is 0. The second kappa shape index (κ2) is 6.79. The number of hydrogen-bond donors (Lipinski definition) is 2. The number of amides is 2. The molecule has 0 atom stereocenters. The van der Waals surface area contributed by atoms with Crippen molar-refractivity contribution in [2.24, 2.45) is 0 Å². The third-order valence-corrected chi connectivity index (χ3v) is 3.65. The maximum atomic E-state index is 13.1. The number of rotatable bonds is 4. The Kier molecular flexibility index (Phi) is 5.03. The van der Waals surface area contributed by atoms with Crippen LogP contribution < -0.4 is 10.6 Å². The predicted octanol–water partition coefficient (Wildman–Crippen LogP) is 4.58. The number of nitrogens with one attached hydrogen (secondary N) is 2. The Morgan fingerprint density at radius 1 is 1.18 bits per heavy atom. The van der Waals surface area contributed by atoms with Gasteiger partial charge < -0.3 is 10.6 Å². The van der Waals surface area contributed by atoms with Crippen LogP contribution in [-0.2, 0) is 5.41 Å². The molecule has 2 aromatic rings. The van der Waals surface area contributed by atoms with Crippen molar-refractivity contribution < 1.29 is 9.18 Å². The van der Waals surface area contributed by atoms with Crippen molar-refractivity contribution >= 4 is 23.3 Å². The van der Waals surface area contributed by atoms with Crippen LogP contribution in [0.4, 0.5) is 14.9 Å². The van der Waals surface area contributed by atoms with Crippen LogP contribution in [-0.4, -0.2) is 12.6 Å². The minimum absolute atomic E-state index is 0.246. The normalized spacial score (nSPS) is 11.1. The summed E-state index contributed by atoms with van der Waals surface area (Å²) in [4.78, 5) is 11.9. The highest BCUT2D eigenvalue weighted by molar-refractivity contribution is 6.30. The molecule has 0 spiro atoms. The zero-order chi connectivity index (χ0) is 16.2. The molecule has 0 radical (unpaired) electrons. The molecule has 3 nitrogen and oxygen atoms in total. The van der Waals surface area contributed by atoms with E-state index in [0.717, 1.165) is 5.56 Å². The van der Waals surface area contributed by atoms with Gasteiger partial charge in [-0.3, -0.25) is 0 Å². The Hall–Kier alpha value is -2.07. The van der Waals surface area contributed by atoms with E-state index in [2.05, 4.69) is 10.6 Å². The molecular weight excluding hydrogens is 303 g/mol. The van der Waals surface area contributed by atoms with Gasteiger partial charge in [-0.2, -0.15) is 0 Å². The summed E-state index contributed by atoms with van der Waals surface area (Å²) in [5.74, 6) is -0.390. The van der Waals surface area contributed by atoms with Crippen LogP contribution in [0.25, 0.3) is 0 Å². The van der Waals surface area contributed by atoms with E-state index >= 15 is 0 Å². The van der Waals surface area contributed by atoms with Crippen LogP contribution in [0.15, 0.2) is 48.5 Å². The number of carbonyl (C=O) groups is 1. The van der Waals surface area contributed by atoms with Crippen molar-refractivity contribution in [2.75, 3.05) is 11.9 Å². The molecule has 0 heterocycles. The van der Waals surface area contributed by atoms with Crippen molar-refractivity contribution in [1.82, 2.24) is 5.32 Å². The molecule has 0 aliphatic rings. The van der Waals surface area contributed by atoms with Gasteiger partial charge in [0.2, 0.25) is 0 Å². The summed E-state index contributed by atoms with van der Waals surface area (Å²) >= 11 is 5.88. The number of halogens is 2. The number of anilines is 1. The smallest absolute Gasteiger partial charge is 0.319 e. The van der Waals surface area contributed by atoms with Gasteiger partial charge in [-0.1, -0.05) is 43.6 Å². The van der Waals surface area contributed by atoms with E-state index in [1.165, 1.54) is 12.1 Å². The molecule has 2 rings (SSSR count). The zero-order valence-electron chi connectivity index (χ0n) is 12.5. The van der Waals surface area contributed by atoms with Gasteiger partial charge >= 0.3 is 6.03 Å². The van der Waals surface area contributed by atoms with Crippen LogP contribution in [0.2, 0.25) is 5.02 Å². The second-order valence-electron chi connectivity index (χ2n) is 5.71. The first-order valence-corrected chi connectivity index (χ1v) is 7.31. The fourth-order valence-corrected chi connectivity index (χ4v) is 2.17. The van der Waals surface area contributed by atoms with Crippen molar-refractivity contribution in [1.29, 1.82) is 0 Å². The maximum absolute atomic E-state index is 13.1. The monoisotopic (exact) mass is 320 g/mol. The third kappa shape index (κ3) is 4.46. The van der Waals surface area contributed by atoms with Gasteiger partial charge in [-0.05, 0) is 35.9 Å². The molecule has 0 fully saturated rings. The van der Waals surface area contributed by atoms with E-state index in [1.807, 2.05) is 38.1 Å². The topological polar surface area (TPSA) is 41.1 Å². The fraction of sp³-hybridized carbons (Fsp3) is 0.235. The summed E-state index contributed by atoms with van der Waals surface area (Å²) < 4.78 is 13.1. The van der Waals surface area contributed by atoms with Crippen LogP contribution in [0.3, 0.4) is 0 Å². The number of carbonyl (C=O) groups excluding carboxylic acids is 1. The molecule has 116 valence electrons. The molecule has 0 aliphatic heterocycles. The molecule has 0 unspecified atom stereocenters. The predicted molar refractivity (Wildman–Crippen MR) is 87.9 cm³/mol. The first-order valence-electron chi connectivity index (χ1n) is 6.93. The van der Waals surface area contributed by atoms with E-state index in [1.54, 1.807) is 12.1 Å². The number of urea groups is 1. The third-order valence-electron chi connectivity index (χ3n) is 3.40. The highest BCUT2D eigenvalue weighted by Crippen LogP contribution is 2.23. The zero-order valence-corrected chi connectivity index (χ0v) is 13.2. The molecule has 2 N–H and O–H groups in total. The van der Waals surface area contributed by atoms with Gasteiger partial charge in [0.25, 0.3) is 0 Å². The molecule has 5 heteroatoms. The summed E-state index contributed by atoms with van der Waals surface area (Å²) in [6.45, 7) is 4.49. The largest absolute Gasteiger partial charge is 0.337 e. The summed E-state index contributed by atoms with van der Waals surface area (Å²) in [6, 6.07) is 12.9. The Morgan fingerprint density at radius 2 is 1.86 bits per heavy atom. The number of benzene rings is 2. The van der Waals surface area contributed by atoms with Crippen LogP contribution >= 0.6 is 11.6 Å². The van der Waals surface area contributed by atoms with Crippen molar-refractivity contribution in [3.8, 4) is 0 Å². The summed E-state index contributed by atoms with van der Waals surface area (Å²) in [5.41, 5.74) is 1.24. The second-order valence-corrected chi connectivity index (χ2v) is 6.15. The highest BCUT2D eigenvalue weighted by Gasteiger charge is 2.21. The van der Waals surface area contributed by atoms with Gasteiger partial charge in [0.05, 0.1) is 0 Å². The van der Waals surface area contributed by atoms with E-state index < -0.39 is 0 Å². The molecular formula is C17H18ClFN2O. The lowest BCUT2D eigenvalue weighted by Gasteiger charge is -2.25. The Balaban J connectivity index is 1.93. The Morgan fingerprint density at radius 3 is 2.50 bits per heavy atom. The van der Waals surface area contributed by atoms with Crippen molar-refractivity contribution in [2.45, 2.75) is 19.3 Å². The van der Waals surface area contributed by atoms with Gasteiger partial charge in [-0.25, -0.2) is 9.18 Å². The van der Waals surface area contributed by atoms with E-state index in [4.69, 9.17) is 11.6 Å². The van der Waals surface area contributed by atoms with Gasteiger partial charge in [0, 0.05) is 22.7 Å². The maximum Gasteiger partial charge on any atom is 0.319 e. The van der Waals surface area contributed by atoms with E-state index in [9.17, 15) is 9.18 Å². The van der Waals surface area contributed by atoms with Crippen LogP contribution in [0, 0.1) is 5.82 Å².